The molecule has 0 bridgehead atoms. The maximum Gasteiger partial charge on any atom is 0.290 e. The Morgan fingerprint density at radius 1 is 1.40 bits per heavy atom. The number of hydrogen-bond acceptors (Lipinski definition) is 4. The molecule has 2 aromatic heterocycles. The monoisotopic (exact) mass is 331 g/mol. The van der Waals surface area contributed by atoms with Gasteiger partial charge in [-0.1, -0.05) is 6.07 Å². The first-order chi connectivity index (χ1) is 12.1. The number of aromatic amines is 1. The van der Waals surface area contributed by atoms with Crippen LogP contribution in [0, 0.1) is 18.3 Å². The SMILES string of the molecule is Cc1c(C#N)ccc2[nH]c(C(=O)N3CCc4ncccc4[C@H]3C)nc12. The highest BCUT2D eigenvalue weighted by molar-refractivity contribution is 5.95. The van der Waals surface area contributed by atoms with Gasteiger partial charge in [0.15, 0.2) is 5.82 Å². The Bertz CT molecular complexity index is 1030. The van der Waals surface area contributed by atoms with E-state index in [0.29, 0.717) is 23.4 Å². The number of hydrogen-bond donors (Lipinski definition) is 1. The molecule has 1 aromatic carbocycles. The van der Waals surface area contributed by atoms with Crippen LogP contribution in [0.25, 0.3) is 11.0 Å². The van der Waals surface area contributed by atoms with Gasteiger partial charge in [0.05, 0.1) is 28.7 Å². The van der Waals surface area contributed by atoms with Gasteiger partial charge < -0.3 is 9.88 Å². The minimum atomic E-state index is -0.129. The van der Waals surface area contributed by atoms with E-state index in [0.717, 1.165) is 28.8 Å². The van der Waals surface area contributed by atoms with Gasteiger partial charge in [-0.25, -0.2) is 4.98 Å². The first kappa shape index (κ1) is 15.3. The Balaban J connectivity index is 1.71. The molecular formula is C19H17N5O. The molecule has 6 heteroatoms. The van der Waals surface area contributed by atoms with Crippen LogP contribution in [0.5, 0.6) is 0 Å². The molecule has 0 radical (unpaired) electrons. The summed E-state index contributed by atoms with van der Waals surface area (Å²) in [5.41, 5.74) is 4.95. The normalized spacial score (nSPS) is 16.5. The second-order valence-electron chi connectivity index (χ2n) is 6.30. The topological polar surface area (TPSA) is 85.7 Å². The van der Waals surface area contributed by atoms with E-state index in [1.807, 2.05) is 30.9 Å². The van der Waals surface area contributed by atoms with E-state index in [-0.39, 0.29) is 11.9 Å². The number of fused-ring (bicyclic) bond motifs is 2. The highest BCUT2D eigenvalue weighted by Gasteiger charge is 2.30. The van der Waals surface area contributed by atoms with Gasteiger partial charge in [-0.3, -0.25) is 9.78 Å². The fourth-order valence-corrected chi connectivity index (χ4v) is 3.48. The van der Waals surface area contributed by atoms with E-state index < -0.39 is 0 Å². The van der Waals surface area contributed by atoms with Crippen LogP contribution in [0.3, 0.4) is 0 Å². The lowest BCUT2D eigenvalue weighted by Gasteiger charge is -2.34. The third-order valence-corrected chi connectivity index (χ3v) is 4.92. The molecule has 0 unspecified atom stereocenters. The van der Waals surface area contributed by atoms with Gasteiger partial charge in [0.1, 0.15) is 0 Å². The molecule has 1 amide bonds. The van der Waals surface area contributed by atoms with Crippen molar-refractivity contribution >= 4 is 16.9 Å². The van der Waals surface area contributed by atoms with Crippen molar-refractivity contribution in [2.75, 3.05) is 6.54 Å². The smallest absolute Gasteiger partial charge is 0.290 e. The summed E-state index contributed by atoms with van der Waals surface area (Å²) in [5, 5.41) is 9.16. The number of aromatic nitrogens is 3. The highest BCUT2D eigenvalue weighted by Crippen LogP contribution is 2.29. The molecule has 1 atom stereocenters. The molecule has 1 N–H and O–H groups in total. The van der Waals surface area contributed by atoms with Crippen LogP contribution in [0.2, 0.25) is 0 Å². The predicted molar refractivity (Wildman–Crippen MR) is 92.9 cm³/mol. The molecule has 6 nitrogen and oxygen atoms in total. The molecule has 1 aliphatic rings. The quantitative estimate of drug-likeness (QED) is 0.743. The second-order valence-corrected chi connectivity index (χ2v) is 6.30. The summed E-state index contributed by atoms with van der Waals surface area (Å²) >= 11 is 0. The van der Waals surface area contributed by atoms with Crippen molar-refractivity contribution < 1.29 is 4.79 Å². The van der Waals surface area contributed by atoms with Crippen molar-refractivity contribution in [3.63, 3.8) is 0 Å². The van der Waals surface area contributed by atoms with E-state index in [9.17, 15) is 4.79 Å². The summed E-state index contributed by atoms with van der Waals surface area (Å²) in [6.07, 6.45) is 2.53. The molecule has 0 spiro atoms. The van der Waals surface area contributed by atoms with Crippen molar-refractivity contribution in [2.24, 2.45) is 0 Å². The average molecular weight is 331 g/mol. The lowest BCUT2D eigenvalue weighted by Crippen LogP contribution is -2.39. The Hall–Kier alpha value is -3.20. The number of carbonyl (C=O) groups excluding carboxylic acids is 1. The Morgan fingerprint density at radius 2 is 2.24 bits per heavy atom. The van der Waals surface area contributed by atoms with Gasteiger partial charge in [0, 0.05) is 24.9 Å². The molecular weight excluding hydrogens is 314 g/mol. The average Bonchev–Trinajstić information content (AvgIpc) is 3.07. The van der Waals surface area contributed by atoms with Crippen molar-refractivity contribution in [1.29, 1.82) is 5.26 Å². The van der Waals surface area contributed by atoms with Crippen molar-refractivity contribution in [1.82, 2.24) is 19.9 Å². The Kier molecular flexibility index (Phi) is 3.50. The van der Waals surface area contributed by atoms with Crippen LogP contribution < -0.4 is 0 Å². The minimum Gasteiger partial charge on any atom is -0.334 e. The fourth-order valence-electron chi connectivity index (χ4n) is 3.48. The number of imidazole rings is 1. The van der Waals surface area contributed by atoms with Gasteiger partial charge in [-0.15, -0.1) is 0 Å². The molecule has 0 fully saturated rings. The first-order valence-electron chi connectivity index (χ1n) is 8.24. The molecule has 0 saturated carbocycles. The number of carbonyl (C=O) groups is 1. The van der Waals surface area contributed by atoms with Crippen molar-refractivity contribution in [3.8, 4) is 6.07 Å². The first-order valence-corrected chi connectivity index (χ1v) is 8.24. The number of nitrogens with zero attached hydrogens (tertiary/aromatic N) is 4. The maximum absolute atomic E-state index is 13.0. The van der Waals surface area contributed by atoms with Crippen molar-refractivity contribution in [3.05, 3.63) is 58.7 Å². The number of H-pyrrole nitrogens is 1. The van der Waals surface area contributed by atoms with Crippen LogP contribution in [0.15, 0.2) is 30.5 Å². The lowest BCUT2D eigenvalue weighted by molar-refractivity contribution is 0.0665. The van der Waals surface area contributed by atoms with Gasteiger partial charge in [-0.05, 0) is 43.2 Å². The summed E-state index contributed by atoms with van der Waals surface area (Å²) < 4.78 is 0. The lowest BCUT2D eigenvalue weighted by atomic mass is 9.98. The second kappa shape index (κ2) is 5.71. The summed E-state index contributed by atoms with van der Waals surface area (Å²) in [5.74, 6) is 0.184. The number of benzene rings is 1. The number of nitriles is 1. The minimum absolute atomic E-state index is 0.0473. The molecule has 0 saturated heterocycles. The molecule has 25 heavy (non-hydrogen) atoms. The molecule has 3 heterocycles. The van der Waals surface area contributed by atoms with E-state index in [4.69, 9.17) is 5.26 Å². The summed E-state index contributed by atoms with van der Waals surface area (Å²) in [6.45, 7) is 4.48. The van der Waals surface area contributed by atoms with Gasteiger partial charge >= 0.3 is 0 Å². The number of rotatable bonds is 1. The van der Waals surface area contributed by atoms with E-state index in [1.165, 1.54) is 0 Å². The van der Waals surface area contributed by atoms with E-state index in [2.05, 4.69) is 21.0 Å². The standard InChI is InChI=1S/C19H17N5O/c1-11-13(10-20)5-6-16-17(11)23-18(22-16)19(25)24-9-7-15-14(12(24)2)4-3-8-21-15/h3-6,8,12H,7,9H2,1-2H3,(H,22,23)/t12-/m1/s1. The molecule has 3 aromatic rings. The third-order valence-electron chi connectivity index (χ3n) is 4.92. The zero-order valence-corrected chi connectivity index (χ0v) is 14.1. The largest absolute Gasteiger partial charge is 0.334 e. The zero-order chi connectivity index (χ0) is 17.6. The van der Waals surface area contributed by atoms with Crippen LogP contribution in [0.4, 0.5) is 0 Å². The highest BCUT2D eigenvalue weighted by atomic mass is 16.2. The van der Waals surface area contributed by atoms with Crippen LogP contribution >= 0.6 is 0 Å². The van der Waals surface area contributed by atoms with E-state index >= 15 is 0 Å². The van der Waals surface area contributed by atoms with E-state index in [1.54, 1.807) is 18.3 Å². The van der Waals surface area contributed by atoms with Gasteiger partial charge in [0.2, 0.25) is 0 Å². The third kappa shape index (κ3) is 2.36. The van der Waals surface area contributed by atoms with Gasteiger partial charge in [-0.2, -0.15) is 5.26 Å². The Morgan fingerprint density at radius 3 is 3.04 bits per heavy atom. The molecule has 0 aliphatic carbocycles. The number of pyridine rings is 1. The summed E-state index contributed by atoms with van der Waals surface area (Å²) in [4.78, 5) is 26.8. The number of amides is 1. The Labute approximate surface area is 145 Å². The summed E-state index contributed by atoms with van der Waals surface area (Å²) in [6, 6.07) is 9.57. The van der Waals surface area contributed by atoms with Gasteiger partial charge in [0.25, 0.3) is 5.91 Å². The fraction of sp³-hybridized carbons (Fsp3) is 0.263. The maximum atomic E-state index is 13.0. The molecule has 1 aliphatic heterocycles. The van der Waals surface area contributed by atoms with Crippen LogP contribution in [0.1, 0.15) is 46.0 Å². The molecule has 4 rings (SSSR count). The number of nitrogens with one attached hydrogen (secondary N) is 1. The molecule has 124 valence electrons. The summed E-state index contributed by atoms with van der Waals surface area (Å²) in [7, 11) is 0. The van der Waals surface area contributed by atoms with Crippen molar-refractivity contribution in [2.45, 2.75) is 26.3 Å². The predicted octanol–water partition coefficient (Wildman–Crippen LogP) is 2.90. The number of aryl methyl sites for hydroxylation is 1. The van der Waals surface area contributed by atoms with Crippen LogP contribution in [-0.2, 0) is 6.42 Å². The zero-order valence-electron chi connectivity index (χ0n) is 14.1. The van der Waals surface area contributed by atoms with Crippen LogP contribution in [-0.4, -0.2) is 32.3 Å².